The number of aliphatic hydroxyl groups is 1. The number of morpholine rings is 1. The van der Waals surface area contributed by atoms with Crippen LogP contribution in [0.15, 0.2) is 41.1 Å². The maximum atomic E-state index is 12.8. The van der Waals surface area contributed by atoms with E-state index in [0.717, 1.165) is 43.6 Å². The molecule has 2 aliphatic carbocycles. The van der Waals surface area contributed by atoms with Crippen molar-refractivity contribution in [1.82, 2.24) is 4.90 Å². The van der Waals surface area contributed by atoms with Crippen molar-refractivity contribution in [2.24, 2.45) is 0 Å². The van der Waals surface area contributed by atoms with E-state index in [1.165, 1.54) is 0 Å². The molecule has 0 spiro atoms. The predicted molar refractivity (Wildman–Crippen MR) is 93.2 cm³/mol. The van der Waals surface area contributed by atoms with Crippen LogP contribution in [0.4, 0.5) is 0 Å². The van der Waals surface area contributed by atoms with Crippen LogP contribution in [-0.2, 0) is 9.53 Å². The van der Waals surface area contributed by atoms with Gasteiger partial charge in [0, 0.05) is 29.9 Å². The van der Waals surface area contributed by atoms with Gasteiger partial charge in [-0.1, -0.05) is 24.3 Å². The highest BCUT2D eigenvalue weighted by atomic mass is 16.5. The maximum absolute atomic E-state index is 12.8. The van der Waals surface area contributed by atoms with Gasteiger partial charge in [0.2, 0.25) is 11.6 Å². The second kappa shape index (κ2) is 6.48. The number of Topliss-reactive ketones (excluding diaryl/α,β-unsaturated/α-hetero) is 2. The number of allylic oxidation sites excluding steroid dienone is 3. The van der Waals surface area contributed by atoms with Crippen molar-refractivity contribution in [3.05, 3.63) is 52.2 Å². The molecule has 0 unspecified atom stereocenters. The number of fused-ring (bicyclic) bond motifs is 1. The molecule has 1 heterocycles. The van der Waals surface area contributed by atoms with Gasteiger partial charge < -0.3 is 14.7 Å². The fourth-order valence-electron chi connectivity index (χ4n) is 3.99. The van der Waals surface area contributed by atoms with E-state index in [9.17, 15) is 14.7 Å². The highest BCUT2D eigenvalue weighted by molar-refractivity contribution is 6.53. The summed E-state index contributed by atoms with van der Waals surface area (Å²) in [6, 6.07) is 6.78. The normalized spacial score (nSPS) is 21.7. The standard InChI is InChI=1S/C20H21NO4/c22-18-13-5-1-2-6-14(13)19(23)20(24)17(18)15-7-3-4-8-16(15)21-9-11-25-12-10-21/h1-2,5-6,22H,3-4,7-12H2. The molecule has 3 aliphatic rings. The molecule has 1 saturated heterocycles. The van der Waals surface area contributed by atoms with Crippen molar-refractivity contribution < 1.29 is 19.4 Å². The van der Waals surface area contributed by atoms with Gasteiger partial charge in [-0.3, -0.25) is 9.59 Å². The highest BCUT2D eigenvalue weighted by Crippen LogP contribution is 2.38. The molecule has 0 aromatic heterocycles. The third-order valence-electron chi connectivity index (χ3n) is 5.23. The van der Waals surface area contributed by atoms with Gasteiger partial charge in [0.25, 0.3) is 0 Å². The third-order valence-corrected chi connectivity index (χ3v) is 5.23. The van der Waals surface area contributed by atoms with E-state index in [1.807, 2.05) is 0 Å². The van der Waals surface area contributed by atoms with Gasteiger partial charge >= 0.3 is 0 Å². The molecule has 5 nitrogen and oxygen atoms in total. The highest BCUT2D eigenvalue weighted by Gasteiger charge is 2.36. The first-order valence-electron chi connectivity index (χ1n) is 8.85. The zero-order chi connectivity index (χ0) is 17.4. The summed E-state index contributed by atoms with van der Waals surface area (Å²) in [6.45, 7) is 2.90. The number of ketones is 2. The number of hydrogen-bond acceptors (Lipinski definition) is 5. The number of ether oxygens (including phenoxy) is 1. The topological polar surface area (TPSA) is 66.8 Å². The molecule has 1 aromatic rings. The molecular formula is C20H21NO4. The van der Waals surface area contributed by atoms with Crippen molar-refractivity contribution in [3.63, 3.8) is 0 Å². The summed E-state index contributed by atoms with van der Waals surface area (Å²) in [5.74, 6) is -1.16. The zero-order valence-corrected chi connectivity index (χ0v) is 14.1. The molecular weight excluding hydrogens is 318 g/mol. The maximum Gasteiger partial charge on any atom is 0.237 e. The molecule has 25 heavy (non-hydrogen) atoms. The minimum Gasteiger partial charge on any atom is -0.507 e. The van der Waals surface area contributed by atoms with E-state index in [-0.39, 0.29) is 16.9 Å². The monoisotopic (exact) mass is 339 g/mol. The summed E-state index contributed by atoms with van der Waals surface area (Å²) >= 11 is 0. The predicted octanol–water partition coefficient (Wildman–Crippen LogP) is 2.88. The fraction of sp³-hybridized carbons (Fsp3) is 0.400. The number of rotatable bonds is 2. The first-order chi connectivity index (χ1) is 12.2. The van der Waals surface area contributed by atoms with Crippen molar-refractivity contribution in [2.75, 3.05) is 26.3 Å². The number of carbonyl (C=O) groups is 2. The minimum atomic E-state index is -0.584. The van der Waals surface area contributed by atoms with Crippen molar-refractivity contribution in [1.29, 1.82) is 0 Å². The lowest BCUT2D eigenvalue weighted by molar-refractivity contribution is -0.111. The van der Waals surface area contributed by atoms with Gasteiger partial charge in [-0.25, -0.2) is 0 Å². The molecule has 1 N–H and O–H groups in total. The first kappa shape index (κ1) is 16.1. The van der Waals surface area contributed by atoms with Crippen LogP contribution in [0.3, 0.4) is 0 Å². The Morgan fingerprint density at radius 1 is 0.920 bits per heavy atom. The molecule has 1 aromatic carbocycles. The van der Waals surface area contributed by atoms with Crippen molar-refractivity contribution >= 4 is 17.3 Å². The number of aliphatic hydroxyl groups excluding tert-OH is 1. The van der Waals surface area contributed by atoms with Crippen molar-refractivity contribution in [2.45, 2.75) is 25.7 Å². The molecule has 4 rings (SSSR count). The van der Waals surface area contributed by atoms with E-state index < -0.39 is 11.6 Å². The van der Waals surface area contributed by atoms with Crippen molar-refractivity contribution in [3.8, 4) is 0 Å². The third kappa shape index (κ3) is 2.68. The minimum absolute atomic E-state index is 0.0529. The Bertz CT molecular complexity index is 800. The largest absolute Gasteiger partial charge is 0.507 e. The lowest BCUT2D eigenvalue weighted by Gasteiger charge is -2.36. The van der Waals surface area contributed by atoms with Gasteiger partial charge in [-0.05, 0) is 31.3 Å². The Hall–Kier alpha value is -2.40. The number of hydrogen-bond donors (Lipinski definition) is 1. The Morgan fingerprint density at radius 3 is 2.36 bits per heavy atom. The number of benzene rings is 1. The molecule has 130 valence electrons. The Labute approximate surface area is 146 Å². The van der Waals surface area contributed by atoms with Gasteiger partial charge in [-0.2, -0.15) is 0 Å². The summed E-state index contributed by atoms with van der Waals surface area (Å²) in [4.78, 5) is 27.6. The number of carbonyl (C=O) groups excluding carboxylic acids is 2. The second-order valence-electron chi connectivity index (χ2n) is 6.66. The van der Waals surface area contributed by atoms with Crippen LogP contribution in [0.1, 0.15) is 41.6 Å². The van der Waals surface area contributed by atoms with E-state index in [4.69, 9.17) is 4.74 Å². The molecule has 0 radical (unpaired) electrons. The van der Waals surface area contributed by atoms with Crippen LogP contribution in [0, 0.1) is 0 Å². The van der Waals surface area contributed by atoms with Gasteiger partial charge in [-0.15, -0.1) is 0 Å². The summed E-state index contributed by atoms with van der Waals surface area (Å²) < 4.78 is 5.43. The van der Waals surface area contributed by atoms with Gasteiger partial charge in [0.15, 0.2) is 0 Å². The van der Waals surface area contributed by atoms with Crippen LogP contribution in [-0.4, -0.2) is 47.9 Å². The quantitative estimate of drug-likeness (QED) is 0.839. The molecule has 1 fully saturated rings. The van der Waals surface area contributed by atoms with Crippen LogP contribution in [0.25, 0.3) is 5.76 Å². The summed E-state index contributed by atoms with van der Waals surface area (Å²) in [5, 5.41) is 10.8. The summed E-state index contributed by atoms with van der Waals surface area (Å²) in [7, 11) is 0. The van der Waals surface area contributed by atoms with E-state index in [1.54, 1.807) is 24.3 Å². The first-order valence-corrected chi connectivity index (χ1v) is 8.85. The lowest BCUT2D eigenvalue weighted by atomic mass is 9.80. The van der Waals surface area contributed by atoms with E-state index in [0.29, 0.717) is 25.2 Å². The Balaban J connectivity index is 1.87. The van der Waals surface area contributed by atoms with Crippen LogP contribution in [0.2, 0.25) is 0 Å². The van der Waals surface area contributed by atoms with E-state index in [2.05, 4.69) is 4.90 Å². The average Bonchev–Trinajstić information content (AvgIpc) is 2.67. The summed E-state index contributed by atoms with van der Waals surface area (Å²) in [6.07, 6.45) is 3.61. The SMILES string of the molecule is O=C1C(=O)c2ccccc2C(O)=C1C1=C(N2CCOCC2)CCCC1. The van der Waals surface area contributed by atoms with Crippen LogP contribution < -0.4 is 0 Å². The van der Waals surface area contributed by atoms with E-state index >= 15 is 0 Å². The zero-order valence-electron chi connectivity index (χ0n) is 14.1. The van der Waals surface area contributed by atoms with Gasteiger partial charge in [0.1, 0.15) is 5.76 Å². The Kier molecular flexibility index (Phi) is 4.17. The van der Waals surface area contributed by atoms with Crippen LogP contribution in [0.5, 0.6) is 0 Å². The second-order valence-corrected chi connectivity index (χ2v) is 6.66. The van der Waals surface area contributed by atoms with Crippen LogP contribution >= 0.6 is 0 Å². The van der Waals surface area contributed by atoms with Gasteiger partial charge in [0.05, 0.1) is 18.8 Å². The lowest BCUT2D eigenvalue weighted by Crippen LogP contribution is -2.37. The fourth-order valence-corrected chi connectivity index (χ4v) is 3.99. The molecule has 0 amide bonds. The molecule has 1 aliphatic heterocycles. The molecule has 0 atom stereocenters. The number of nitrogens with zero attached hydrogens (tertiary/aromatic N) is 1. The Morgan fingerprint density at radius 2 is 1.60 bits per heavy atom. The smallest absolute Gasteiger partial charge is 0.237 e. The summed E-state index contributed by atoms with van der Waals surface area (Å²) in [5.41, 5.74) is 2.90. The molecule has 0 bridgehead atoms. The molecule has 0 saturated carbocycles. The average molecular weight is 339 g/mol. The molecule has 5 heteroatoms.